The molecule has 1 fully saturated rings. The molecule has 1 aliphatic carbocycles. The molecule has 0 unspecified atom stereocenters. The molecular weight excluding hydrogens is 325 g/mol. The van der Waals surface area contributed by atoms with Crippen LogP contribution in [0.2, 0.25) is 0 Å². The Labute approximate surface area is 125 Å². The summed E-state index contributed by atoms with van der Waals surface area (Å²) in [5.74, 6) is -0.174. The zero-order valence-electron chi connectivity index (χ0n) is 11.8. The number of alkyl halides is 3. The number of nitrogens with zero attached hydrogens (tertiary/aromatic N) is 4. The van der Waals surface area contributed by atoms with Gasteiger partial charge in [-0.25, -0.2) is 13.1 Å². The Kier molecular flexibility index (Phi) is 5.37. The van der Waals surface area contributed by atoms with Crippen LogP contribution in [0.3, 0.4) is 0 Å². The fraction of sp³-hybridized carbons (Fsp3) is 0.909. The molecule has 0 atom stereocenters. The number of rotatable bonds is 7. The van der Waals surface area contributed by atoms with Crippen molar-refractivity contribution in [2.24, 2.45) is 0 Å². The van der Waals surface area contributed by atoms with Gasteiger partial charge in [0.1, 0.15) is 12.4 Å². The van der Waals surface area contributed by atoms with Crippen LogP contribution in [0.15, 0.2) is 0 Å². The van der Waals surface area contributed by atoms with E-state index in [-0.39, 0.29) is 30.0 Å². The number of sulfone groups is 1. The van der Waals surface area contributed by atoms with Gasteiger partial charge in [-0.1, -0.05) is 12.8 Å². The van der Waals surface area contributed by atoms with Crippen LogP contribution in [-0.4, -0.2) is 53.3 Å². The molecule has 0 bridgehead atoms. The van der Waals surface area contributed by atoms with Gasteiger partial charge in [0, 0.05) is 0 Å². The smallest absolute Gasteiger partial charge is 0.370 e. The molecule has 1 aromatic rings. The van der Waals surface area contributed by atoms with Crippen molar-refractivity contribution in [1.82, 2.24) is 20.2 Å². The number of aromatic nitrogens is 4. The van der Waals surface area contributed by atoms with E-state index < -0.39 is 22.6 Å². The van der Waals surface area contributed by atoms with Crippen LogP contribution in [-0.2, 0) is 26.9 Å². The second kappa shape index (κ2) is 6.90. The van der Waals surface area contributed by atoms with E-state index in [4.69, 9.17) is 0 Å². The van der Waals surface area contributed by atoms with Crippen LogP contribution in [0, 0.1) is 0 Å². The molecule has 0 N–H and O–H groups in total. The molecule has 0 aliphatic heterocycles. The second-order valence-electron chi connectivity index (χ2n) is 5.20. The van der Waals surface area contributed by atoms with Gasteiger partial charge in [0.05, 0.1) is 18.4 Å². The van der Waals surface area contributed by atoms with Crippen molar-refractivity contribution in [2.75, 3.05) is 13.2 Å². The third-order valence-electron chi connectivity index (χ3n) is 3.46. The van der Waals surface area contributed by atoms with Crippen molar-refractivity contribution >= 4 is 9.84 Å². The minimum Gasteiger partial charge on any atom is -0.370 e. The van der Waals surface area contributed by atoms with Crippen LogP contribution in [0.25, 0.3) is 0 Å². The van der Waals surface area contributed by atoms with Crippen molar-refractivity contribution in [2.45, 2.75) is 49.4 Å². The molecule has 0 amide bonds. The normalized spacial score (nSPS) is 17.2. The van der Waals surface area contributed by atoms with Gasteiger partial charge in [-0.15, -0.1) is 5.10 Å². The molecule has 2 rings (SSSR count). The molecule has 0 saturated heterocycles. The number of halogens is 3. The average molecular weight is 342 g/mol. The highest BCUT2D eigenvalue weighted by molar-refractivity contribution is 7.91. The molecule has 126 valence electrons. The molecule has 22 heavy (non-hydrogen) atoms. The standard InChI is InChI=1S/C11H17F3N4O3S/c12-11(13,14)8-21-6-5-18-10(15-16-17-18)7-22(19,20)9-3-1-2-4-9/h9H,1-8H2. The van der Waals surface area contributed by atoms with Crippen molar-refractivity contribution in [1.29, 1.82) is 0 Å². The van der Waals surface area contributed by atoms with Crippen LogP contribution in [0.4, 0.5) is 13.2 Å². The molecule has 1 aromatic heterocycles. The zero-order chi connectivity index (χ0) is 16.2. The van der Waals surface area contributed by atoms with Gasteiger partial charge >= 0.3 is 6.18 Å². The van der Waals surface area contributed by atoms with Crippen LogP contribution in [0.1, 0.15) is 31.5 Å². The quantitative estimate of drug-likeness (QED) is 0.690. The number of tetrazole rings is 1. The van der Waals surface area contributed by atoms with Gasteiger partial charge < -0.3 is 4.74 Å². The van der Waals surface area contributed by atoms with E-state index in [0.29, 0.717) is 12.8 Å². The highest BCUT2D eigenvalue weighted by Crippen LogP contribution is 2.26. The molecule has 0 radical (unpaired) electrons. The minimum absolute atomic E-state index is 0.0292. The van der Waals surface area contributed by atoms with Crippen LogP contribution < -0.4 is 0 Å². The second-order valence-corrected chi connectivity index (χ2v) is 7.48. The first-order valence-electron chi connectivity index (χ1n) is 6.89. The lowest BCUT2D eigenvalue weighted by atomic mass is 10.4. The summed E-state index contributed by atoms with van der Waals surface area (Å²) in [5.41, 5.74) is 0. The third-order valence-corrected chi connectivity index (χ3v) is 5.61. The molecule has 1 aliphatic rings. The number of ether oxygens (including phenoxy) is 1. The lowest BCUT2D eigenvalue weighted by Crippen LogP contribution is -2.23. The fourth-order valence-electron chi connectivity index (χ4n) is 2.38. The van der Waals surface area contributed by atoms with Crippen LogP contribution >= 0.6 is 0 Å². The summed E-state index contributed by atoms with van der Waals surface area (Å²) in [6.07, 6.45) is -1.34. The number of hydrogen-bond acceptors (Lipinski definition) is 6. The first-order chi connectivity index (χ1) is 10.3. The highest BCUT2D eigenvalue weighted by atomic mass is 32.2. The number of hydrogen-bond donors (Lipinski definition) is 0. The predicted octanol–water partition coefficient (Wildman–Crippen LogP) is 1.11. The summed E-state index contributed by atoms with van der Waals surface area (Å²) < 4.78 is 65.9. The van der Waals surface area contributed by atoms with Crippen molar-refractivity contribution < 1.29 is 26.3 Å². The monoisotopic (exact) mass is 342 g/mol. The summed E-state index contributed by atoms with van der Waals surface area (Å²) in [7, 11) is -3.34. The summed E-state index contributed by atoms with van der Waals surface area (Å²) in [6.45, 7) is -1.63. The zero-order valence-corrected chi connectivity index (χ0v) is 12.6. The lowest BCUT2D eigenvalue weighted by Gasteiger charge is -2.11. The Morgan fingerprint density at radius 2 is 1.95 bits per heavy atom. The van der Waals surface area contributed by atoms with E-state index in [9.17, 15) is 21.6 Å². The van der Waals surface area contributed by atoms with Crippen molar-refractivity contribution in [3.63, 3.8) is 0 Å². The van der Waals surface area contributed by atoms with Gasteiger partial charge in [0.2, 0.25) is 0 Å². The van der Waals surface area contributed by atoms with E-state index in [0.717, 1.165) is 12.8 Å². The first kappa shape index (κ1) is 17.1. The highest BCUT2D eigenvalue weighted by Gasteiger charge is 2.31. The van der Waals surface area contributed by atoms with Crippen molar-refractivity contribution in [3.05, 3.63) is 5.82 Å². The maximum Gasteiger partial charge on any atom is 0.411 e. The molecule has 11 heteroatoms. The lowest BCUT2D eigenvalue weighted by molar-refractivity contribution is -0.174. The molecule has 1 saturated carbocycles. The third kappa shape index (κ3) is 4.90. The fourth-order valence-corrected chi connectivity index (χ4v) is 4.24. The van der Waals surface area contributed by atoms with Crippen LogP contribution in [0.5, 0.6) is 0 Å². The predicted molar refractivity (Wildman–Crippen MR) is 69.6 cm³/mol. The molecule has 0 aromatic carbocycles. The molecule has 0 spiro atoms. The summed E-state index contributed by atoms with van der Waals surface area (Å²) in [5, 5.41) is 10.2. The van der Waals surface area contributed by atoms with E-state index in [1.165, 1.54) is 4.68 Å². The Morgan fingerprint density at radius 3 is 2.59 bits per heavy atom. The van der Waals surface area contributed by atoms with Crippen molar-refractivity contribution in [3.8, 4) is 0 Å². The van der Waals surface area contributed by atoms with E-state index >= 15 is 0 Å². The maximum absolute atomic E-state index is 12.2. The SMILES string of the molecule is O=S(=O)(Cc1nnnn1CCOCC(F)(F)F)C1CCCC1. The summed E-state index contributed by atoms with van der Waals surface area (Å²) >= 11 is 0. The summed E-state index contributed by atoms with van der Waals surface area (Å²) in [4.78, 5) is 0. The molecule has 1 heterocycles. The Balaban J connectivity index is 1.89. The minimum atomic E-state index is -4.39. The Hall–Kier alpha value is -1.23. The topological polar surface area (TPSA) is 87.0 Å². The van der Waals surface area contributed by atoms with E-state index in [1.54, 1.807) is 0 Å². The Bertz CT molecular complexity index is 582. The molecular formula is C11H17F3N4O3S. The largest absolute Gasteiger partial charge is 0.411 e. The first-order valence-corrected chi connectivity index (χ1v) is 8.60. The van der Waals surface area contributed by atoms with Gasteiger partial charge in [-0.3, -0.25) is 0 Å². The van der Waals surface area contributed by atoms with E-state index in [2.05, 4.69) is 20.3 Å². The van der Waals surface area contributed by atoms with Gasteiger partial charge in [0.15, 0.2) is 15.7 Å². The molecule has 7 nitrogen and oxygen atoms in total. The maximum atomic E-state index is 12.2. The van der Waals surface area contributed by atoms with E-state index in [1.807, 2.05) is 0 Å². The van der Waals surface area contributed by atoms with Gasteiger partial charge in [-0.05, 0) is 23.3 Å². The van der Waals surface area contributed by atoms with Gasteiger partial charge in [-0.2, -0.15) is 13.2 Å². The average Bonchev–Trinajstić information content (AvgIpc) is 3.04. The van der Waals surface area contributed by atoms with Gasteiger partial charge in [0.25, 0.3) is 0 Å². The Morgan fingerprint density at radius 1 is 1.27 bits per heavy atom. The summed E-state index contributed by atoms with van der Waals surface area (Å²) in [6, 6.07) is 0.